The van der Waals surface area contributed by atoms with Gasteiger partial charge in [0, 0.05) is 56.7 Å². The molecule has 3 heterocycles. The normalized spacial score (nSPS) is 28.7. The first-order valence-electron chi connectivity index (χ1n) is 24.3. The number of likely N-dealkylation sites (tertiary alicyclic amines) is 1. The van der Waals surface area contributed by atoms with Crippen LogP contribution in [0.1, 0.15) is 124 Å². The number of amidine groups is 2. The summed E-state index contributed by atoms with van der Waals surface area (Å²) in [7, 11) is 2.25. The van der Waals surface area contributed by atoms with Crippen LogP contribution in [0.3, 0.4) is 0 Å². The minimum absolute atomic E-state index is 0.0969. The van der Waals surface area contributed by atoms with E-state index in [1.54, 1.807) is 5.57 Å². The van der Waals surface area contributed by atoms with Crippen LogP contribution >= 0.6 is 11.3 Å². The summed E-state index contributed by atoms with van der Waals surface area (Å²) in [5, 5.41) is 1.37. The second-order valence-corrected chi connectivity index (χ2v) is 20.6. The zero-order chi connectivity index (χ0) is 42.0. The number of benzene rings is 2. The Morgan fingerprint density at radius 3 is 2.44 bits per heavy atom. The maximum Gasteiger partial charge on any atom is 0.159 e. The Balaban J connectivity index is 1.05. The Morgan fingerprint density at radius 1 is 0.746 bits per heavy atom. The van der Waals surface area contributed by atoms with Gasteiger partial charge in [-0.05, 0) is 146 Å². The summed E-state index contributed by atoms with van der Waals surface area (Å²) in [5.74, 6) is 3.65. The lowest BCUT2D eigenvalue weighted by Crippen LogP contribution is -2.44. The summed E-state index contributed by atoms with van der Waals surface area (Å²) >= 11 is 2.06. The van der Waals surface area contributed by atoms with Crippen molar-refractivity contribution in [1.29, 1.82) is 0 Å². The summed E-state index contributed by atoms with van der Waals surface area (Å²) in [5.41, 5.74) is 14.9. The number of rotatable bonds is 7. The fourth-order valence-electron chi connectivity index (χ4n) is 12.5. The van der Waals surface area contributed by atoms with Gasteiger partial charge in [0.1, 0.15) is 12.0 Å². The van der Waals surface area contributed by atoms with Gasteiger partial charge in [-0.1, -0.05) is 122 Å². The lowest BCUT2D eigenvalue weighted by Gasteiger charge is -2.38. The quantitative estimate of drug-likeness (QED) is 0.222. The lowest BCUT2D eigenvalue weighted by atomic mass is 9.84. The number of hydrogen-bond acceptors (Lipinski definition) is 5. The molecule has 7 aliphatic carbocycles. The second-order valence-electron chi connectivity index (χ2n) is 19.5. The highest BCUT2D eigenvalue weighted by molar-refractivity contribution is 7.20. The highest BCUT2D eigenvalue weighted by atomic mass is 32.1. The summed E-state index contributed by atoms with van der Waals surface area (Å²) in [4.78, 5) is 18.3. The molecule has 2 aliphatic heterocycles. The number of allylic oxidation sites excluding steroid dienone is 14. The van der Waals surface area contributed by atoms with Crippen LogP contribution in [0.4, 0.5) is 0 Å². The molecule has 0 amide bonds. The zero-order valence-corrected chi connectivity index (χ0v) is 37.9. The molecule has 1 aromatic heterocycles. The molecular weight excluding hydrogens is 785 g/mol. The van der Waals surface area contributed by atoms with Gasteiger partial charge >= 0.3 is 0 Å². The predicted octanol–water partition coefficient (Wildman–Crippen LogP) is 14.8. The van der Waals surface area contributed by atoms with E-state index < -0.39 is 0 Å². The van der Waals surface area contributed by atoms with Crippen molar-refractivity contribution in [2.45, 2.75) is 115 Å². The van der Waals surface area contributed by atoms with E-state index >= 15 is 0 Å². The van der Waals surface area contributed by atoms with Crippen molar-refractivity contribution in [2.75, 3.05) is 7.05 Å². The van der Waals surface area contributed by atoms with E-state index in [2.05, 4.69) is 157 Å². The van der Waals surface area contributed by atoms with Gasteiger partial charge in [-0.25, -0.2) is 9.98 Å². The highest BCUT2D eigenvalue weighted by Gasteiger charge is 2.47. The van der Waals surface area contributed by atoms with Gasteiger partial charge in [-0.3, -0.25) is 0 Å². The number of likely N-dealkylation sites (N-methyl/N-ethyl adjacent to an activating group) is 1. The van der Waals surface area contributed by atoms with Crippen LogP contribution in [0.15, 0.2) is 153 Å². The van der Waals surface area contributed by atoms with Gasteiger partial charge in [0.25, 0.3) is 0 Å². The molecule has 1 saturated heterocycles. The first-order valence-corrected chi connectivity index (χ1v) is 25.2. The van der Waals surface area contributed by atoms with Crippen molar-refractivity contribution >= 4 is 44.7 Å². The monoisotopic (exact) mass is 844 g/mol. The SMILES string of the molecule is CC1CCC(C2=NC(c3cc(C4=C(C5=CCCC=C5)CCC=C4)ccc3-c3cccc4c5c(sc34)C3C(C=C5)C4=CCCC=C4N3C3CC=CCC3)=NC(C3=CCCC=C3)N2C)C1. The van der Waals surface area contributed by atoms with Crippen molar-refractivity contribution in [3.05, 3.63) is 165 Å². The summed E-state index contributed by atoms with van der Waals surface area (Å²) < 4.78 is 1.38. The lowest BCUT2D eigenvalue weighted by molar-refractivity contribution is 0.190. The molecule has 0 bridgehead atoms. The van der Waals surface area contributed by atoms with Crippen LogP contribution in [-0.2, 0) is 0 Å². The molecule has 6 unspecified atom stereocenters. The Hall–Kier alpha value is -5.26. The summed E-state index contributed by atoms with van der Waals surface area (Å²) in [6.07, 6.45) is 49.9. The first kappa shape index (κ1) is 39.3. The van der Waals surface area contributed by atoms with Gasteiger partial charge < -0.3 is 9.80 Å². The summed E-state index contributed by atoms with van der Waals surface area (Å²) in [6.45, 7) is 2.42. The van der Waals surface area contributed by atoms with E-state index in [1.165, 1.54) is 103 Å². The number of nitrogens with zero attached hydrogens (tertiary/aromatic N) is 4. The van der Waals surface area contributed by atoms with Crippen molar-refractivity contribution in [2.24, 2.45) is 27.7 Å². The highest BCUT2D eigenvalue weighted by Crippen LogP contribution is 2.58. The maximum atomic E-state index is 5.72. The fraction of sp³-hybridized carbons (Fsp3) is 0.379. The molecule has 318 valence electrons. The molecular formula is C58H60N4S. The summed E-state index contributed by atoms with van der Waals surface area (Å²) in [6, 6.07) is 15.3. The van der Waals surface area contributed by atoms with Crippen LogP contribution in [-0.4, -0.2) is 40.7 Å². The molecule has 9 aliphatic rings. The molecule has 63 heavy (non-hydrogen) atoms. The smallest absolute Gasteiger partial charge is 0.159 e. The number of aliphatic imine (C=N–C) groups is 2. The largest absolute Gasteiger partial charge is 0.359 e. The van der Waals surface area contributed by atoms with Gasteiger partial charge in [-0.2, -0.15) is 0 Å². The standard InChI is InChI=1S/C58H60N4S/c1-37-29-30-41(35-37)58-60-56(59-57(61(58)2)39-19-8-4-9-20-39)51-36-40(44-24-13-12-23-43(44)38-17-6-3-7-18-38)31-32-45(51)48-26-16-27-49-50-34-33-47-46-25-14-15-28-52(46)62(42-21-10-5-11-22-42)53(47)55(50)63-54(48)49/h5-6,8,10,13,16-20,24-28,31-34,36-37,41-42,47,53,57H,3-4,7,9,11-12,14-15,21-23,29-30,35H2,1-2H3. The van der Waals surface area contributed by atoms with Crippen LogP contribution in [0, 0.1) is 17.8 Å². The Morgan fingerprint density at radius 2 is 1.62 bits per heavy atom. The van der Waals surface area contributed by atoms with Gasteiger partial charge in [0.05, 0.1) is 6.04 Å². The number of thiophene rings is 1. The number of fused-ring (bicyclic) bond motifs is 7. The molecule has 5 heteroatoms. The topological polar surface area (TPSA) is 31.2 Å². The molecule has 2 aromatic carbocycles. The van der Waals surface area contributed by atoms with E-state index in [4.69, 9.17) is 9.98 Å². The van der Waals surface area contributed by atoms with Crippen LogP contribution in [0.25, 0.3) is 32.9 Å². The molecule has 3 aromatic rings. The Labute approximate surface area is 378 Å². The van der Waals surface area contributed by atoms with Crippen molar-refractivity contribution in [3.63, 3.8) is 0 Å². The minimum atomic E-state index is -0.0969. The van der Waals surface area contributed by atoms with Crippen LogP contribution in [0.2, 0.25) is 0 Å². The second kappa shape index (κ2) is 16.4. The average molecular weight is 845 g/mol. The van der Waals surface area contributed by atoms with Gasteiger partial charge in [-0.15, -0.1) is 11.3 Å². The molecule has 1 saturated carbocycles. The van der Waals surface area contributed by atoms with Crippen molar-refractivity contribution in [1.82, 2.24) is 9.80 Å². The Bertz CT molecular complexity index is 2770. The molecule has 12 rings (SSSR count). The van der Waals surface area contributed by atoms with Crippen molar-refractivity contribution in [3.8, 4) is 11.1 Å². The third kappa shape index (κ3) is 6.83. The molecule has 4 nitrogen and oxygen atoms in total. The average Bonchev–Trinajstić information content (AvgIpc) is 4.06. The van der Waals surface area contributed by atoms with E-state index in [0.29, 0.717) is 29.8 Å². The number of hydrogen-bond donors (Lipinski definition) is 0. The zero-order valence-electron chi connectivity index (χ0n) is 37.1. The molecule has 0 spiro atoms. The van der Waals surface area contributed by atoms with Crippen LogP contribution in [0.5, 0.6) is 0 Å². The molecule has 0 N–H and O–H groups in total. The Kier molecular flexibility index (Phi) is 10.2. The van der Waals surface area contributed by atoms with Crippen LogP contribution < -0.4 is 0 Å². The van der Waals surface area contributed by atoms with E-state index in [9.17, 15) is 0 Å². The van der Waals surface area contributed by atoms with Crippen molar-refractivity contribution < 1.29 is 0 Å². The maximum absolute atomic E-state index is 5.72. The predicted molar refractivity (Wildman–Crippen MR) is 267 cm³/mol. The third-order valence-electron chi connectivity index (χ3n) is 15.5. The fourth-order valence-corrected chi connectivity index (χ4v) is 13.9. The van der Waals surface area contributed by atoms with Gasteiger partial charge in [0.2, 0.25) is 0 Å². The van der Waals surface area contributed by atoms with E-state index in [-0.39, 0.29) is 6.17 Å². The first-order chi connectivity index (χ1) is 31.1. The van der Waals surface area contributed by atoms with E-state index in [1.807, 2.05) is 0 Å². The third-order valence-corrected chi connectivity index (χ3v) is 16.9. The van der Waals surface area contributed by atoms with E-state index in [0.717, 1.165) is 69.2 Å². The molecule has 6 atom stereocenters. The van der Waals surface area contributed by atoms with Gasteiger partial charge in [0.15, 0.2) is 5.84 Å². The molecule has 2 fully saturated rings. The molecule has 0 radical (unpaired) electrons. The minimum Gasteiger partial charge on any atom is -0.359 e.